The summed E-state index contributed by atoms with van der Waals surface area (Å²) in [6.45, 7) is 2.02. The first-order chi connectivity index (χ1) is 11.6. The molecule has 0 bridgehead atoms. The largest absolute Gasteiger partial charge is 0.334 e. The van der Waals surface area contributed by atoms with Gasteiger partial charge in [-0.05, 0) is 49.9 Å². The van der Waals surface area contributed by atoms with Crippen LogP contribution in [0.15, 0.2) is 35.0 Å². The van der Waals surface area contributed by atoms with Crippen LogP contribution in [0.5, 0.6) is 0 Å². The number of aromatic nitrogens is 4. The fraction of sp³-hybridized carbons (Fsp3) is 0.353. The molecule has 0 unspecified atom stereocenters. The Labute approximate surface area is 138 Å². The van der Waals surface area contributed by atoms with Gasteiger partial charge in [-0.3, -0.25) is 0 Å². The van der Waals surface area contributed by atoms with E-state index in [-0.39, 0.29) is 5.82 Å². The smallest absolute Gasteiger partial charge is 0.261 e. The molecular weight excluding hydrogens is 309 g/mol. The van der Waals surface area contributed by atoms with Crippen molar-refractivity contribution < 1.29 is 8.91 Å². The zero-order valence-electron chi connectivity index (χ0n) is 13.4. The first-order valence-corrected chi connectivity index (χ1v) is 8.07. The number of nitrogens with two attached hydrogens (primary N) is 1. The van der Waals surface area contributed by atoms with Crippen LogP contribution in [0.1, 0.15) is 37.7 Å². The summed E-state index contributed by atoms with van der Waals surface area (Å²) in [6, 6.07) is 6.20. The predicted octanol–water partition coefficient (Wildman–Crippen LogP) is 2.96. The molecule has 1 fully saturated rings. The van der Waals surface area contributed by atoms with Crippen LogP contribution in [0, 0.1) is 5.82 Å². The minimum absolute atomic E-state index is 0.278. The van der Waals surface area contributed by atoms with Gasteiger partial charge in [0.15, 0.2) is 5.82 Å². The van der Waals surface area contributed by atoms with Crippen molar-refractivity contribution in [2.24, 2.45) is 5.73 Å². The summed E-state index contributed by atoms with van der Waals surface area (Å²) in [7, 11) is 0. The van der Waals surface area contributed by atoms with Gasteiger partial charge in [-0.1, -0.05) is 12.1 Å². The molecule has 0 aliphatic heterocycles. The molecular formula is C17H18FN5O. The number of rotatable bonds is 4. The van der Waals surface area contributed by atoms with Gasteiger partial charge in [0, 0.05) is 0 Å². The predicted molar refractivity (Wildman–Crippen MR) is 85.9 cm³/mol. The van der Waals surface area contributed by atoms with Crippen molar-refractivity contribution in [1.82, 2.24) is 19.9 Å². The molecule has 7 heteroatoms. The van der Waals surface area contributed by atoms with E-state index < -0.39 is 5.54 Å². The molecule has 2 N–H and O–H groups in total. The minimum atomic E-state index is -0.457. The van der Waals surface area contributed by atoms with Gasteiger partial charge < -0.3 is 10.3 Å². The standard InChI is InChI=1S/C17H18FN5O/c1-2-14-13(10-20-23(14)12-6-4-11(18)5-7-12)15-21-16(22-24-15)17(19)8-3-9-17/h4-7,10H,2-3,8-9,19H2,1H3. The van der Waals surface area contributed by atoms with Crippen molar-refractivity contribution in [1.29, 1.82) is 0 Å². The minimum Gasteiger partial charge on any atom is -0.334 e. The maximum absolute atomic E-state index is 13.1. The molecule has 0 radical (unpaired) electrons. The fourth-order valence-electron chi connectivity index (χ4n) is 3.01. The van der Waals surface area contributed by atoms with Crippen LogP contribution >= 0.6 is 0 Å². The summed E-state index contributed by atoms with van der Waals surface area (Å²) in [5.74, 6) is 0.701. The van der Waals surface area contributed by atoms with Gasteiger partial charge in [-0.2, -0.15) is 10.1 Å². The van der Waals surface area contributed by atoms with Crippen LogP contribution in [0.2, 0.25) is 0 Å². The summed E-state index contributed by atoms with van der Waals surface area (Å²) >= 11 is 0. The summed E-state index contributed by atoms with van der Waals surface area (Å²) in [5, 5.41) is 8.46. The molecule has 1 aliphatic rings. The lowest BCUT2D eigenvalue weighted by Gasteiger charge is -2.34. The lowest BCUT2D eigenvalue weighted by atomic mass is 9.77. The molecule has 4 rings (SSSR count). The highest BCUT2D eigenvalue weighted by Gasteiger charge is 2.39. The van der Waals surface area contributed by atoms with Crippen LogP contribution in [0.3, 0.4) is 0 Å². The molecule has 0 saturated heterocycles. The third kappa shape index (κ3) is 2.32. The van der Waals surface area contributed by atoms with E-state index in [1.807, 2.05) is 6.92 Å². The first kappa shape index (κ1) is 15.0. The van der Waals surface area contributed by atoms with Crippen molar-refractivity contribution in [3.05, 3.63) is 47.8 Å². The Morgan fingerprint density at radius 2 is 2.04 bits per heavy atom. The molecule has 24 heavy (non-hydrogen) atoms. The number of hydrogen-bond donors (Lipinski definition) is 1. The molecule has 0 amide bonds. The molecule has 0 spiro atoms. The normalized spacial score (nSPS) is 16.1. The highest BCUT2D eigenvalue weighted by molar-refractivity contribution is 5.57. The maximum Gasteiger partial charge on any atom is 0.261 e. The molecule has 0 atom stereocenters. The van der Waals surface area contributed by atoms with E-state index in [0.29, 0.717) is 11.7 Å². The Morgan fingerprint density at radius 1 is 1.29 bits per heavy atom. The van der Waals surface area contributed by atoms with Gasteiger partial charge >= 0.3 is 0 Å². The molecule has 1 aromatic carbocycles. The van der Waals surface area contributed by atoms with Gasteiger partial charge in [0.05, 0.1) is 28.7 Å². The number of hydrogen-bond acceptors (Lipinski definition) is 5. The van der Waals surface area contributed by atoms with E-state index >= 15 is 0 Å². The van der Waals surface area contributed by atoms with Crippen LogP contribution in [-0.2, 0) is 12.0 Å². The van der Waals surface area contributed by atoms with E-state index in [4.69, 9.17) is 10.3 Å². The van der Waals surface area contributed by atoms with Crippen LogP contribution in [0.25, 0.3) is 17.1 Å². The summed E-state index contributed by atoms with van der Waals surface area (Å²) < 4.78 is 20.3. The lowest BCUT2D eigenvalue weighted by Crippen LogP contribution is -2.44. The van der Waals surface area contributed by atoms with Crippen LogP contribution in [-0.4, -0.2) is 19.9 Å². The highest BCUT2D eigenvalue weighted by atomic mass is 19.1. The van der Waals surface area contributed by atoms with E-state index in [2.05, 4.69) is 15.2 Å². The molecule has 124 valence electrons. The fourth-order valence-corrected chi connectivity index (χ4v) is 3.01. The summed E-state index contributed by atoms with van der Waals surface area (Å²) in [4.78, 5) is 4.49. The van der Waals surface area contributed by atoms with Crippen molar-refractivity contribution in [3.8, 4) is 17.1 Å². The van der Waals surface area contributed by atoms with Crippen LogP contribution in [0.4, 0.5) is 4.39 Å². The Bertz CT molecular complexity index is 863. The zero-order valence-corrected chi connectivity index (χ0v) is 13.4. The van der Waals surface area contributed by atoms with E-state index in [1.54, 1.807) is 23.0 Å². The third-order valence-corrected chi connectivity index (χ3v) is 4.62. The first-order valence-electron chi connectivity index (χ1n) is 8.07. The third-order valence-electron chi connectivity index (χ3n) is 4.62. The molecule has 6 nitrogen and oxygen atoms in total. The van der Waals surface area contributed by atoms with Gasteiger partial charge in [0.25, 0.3) is 5.89 Å². The van der Waals surface area contributed by atoms with Gasteiger partial charge in [-0.25, -0.2) is 9.07 Å². The number of benzene rings is 1. The number of nitrogens with zero attached hydrogens (tertiary/aromatic N) is 4. The van der Waals surface area contributed by atoms with Crippen molar-refractivity contribution in [2.75, 3.05) is 0 Å². The second-order valence-electron chi connectivity index (χ2n) is 6.18. The van der Waals surface area contributed by atoms with Gasteiger partial charge in [-0.15, -0.1) is 0 Å². The highest BCUT2D eigenvalue weighted by Crippen LogP contribution is 2.38. The molecule has 2 heterocycles. The SMILES string of the molecule is CCc1c(-c2nc(C3(N)CCC3)no2)cnn1-c1ccc(F)cc1. The monoisotopic (exact) mass is 327 g/mol. The van der Waals surface area contributed by atoms with E-state index in [0.717, 1.165) is 42.6 Å². The average Bonchev–Trinajstić information content (AvgIpc) is 3.19. The molecule has 3 aromatic rings. The lowest BCUT2D eigenvalue weighted by molar-refractivity contribution is 0.229. The van der Waals surface area contributed by atoms with Crippen LogP contribution < -0.4 is 5.73 Å². The number of halogens is 1. The molecule has 1 saturated carbocycles. The Kier molecular flexibility index (Phi) is 3.45. The Morgan fingerprint density at radius 3 is 2.67 bits per heavy atom. The van der Waals surface area contributed by atoms with Gasteiger partial charge in [0.2, 0.25) is 0 Å². The van der Waals surface area contributed by atoms with Crippen molar-refractivity contribution in [3.63, 3.8) is 0 Å². The Hall–Kier alpha value is -2.54. The van der Waals surface area contributed by atoms with Gasteiger partial charge in [0.1, 0.15) is 5.82 Å². The second kappa shape index (κ2) is 5.52. The summed E-state index contributed by atoms with van der Waals surface area (Å²) in [5.41, 5.74) is 8.29. The second-order valence-corrected chi connectivity index (χ2v) is 6.18. The molecule has 2 aromatic heterocycles. The zero-order chi connectivity index (χ0) is 16.7. The van der Waals surface area contributed by atoms with Crippen molar-refractivity contribution in [2.45, 2.75) is 38.1 Å². The summed E-state index contributed by atoms with van der Waals surface area (Å²) in [6.07, 6.45) is 5.26. The topological polar surface area (TPSA) is 82.8 Å². The quantitative estimate of drug-likeness (QED) is 0.796. The van der Waals surface area contributed by atoms with E-state index in [9.17, 15) is 4.39 Å². The Balaban J connectivity index is 1.73. The van der Waals surface area contributed by atoms with E-state index in [1.165, 1.54) is 12.1 Å². The van der Waals surface area contributed by atoms with Crippen molar-refractivity contribution >= 4 is 0 Å². The maximum atomic E-state index is 13.1. The molecule has 1 aliphatic carbocycles. The average molecular weight is 327 g/mol.